The molecule has 0 saturated carbocycles. The van der Waals surface area contributed by atoms with Crippen LogP contribution in [-0.2, 0) is 11.3 Å². The molecule has 1 aliphatic heterocycles. The Morgan fingerprint density at radius 3 is 2.40 bits per heavy atom. The van der Waals surface area contributed by atoms with Crippen LogP contribution >= 0.6 is 11.6 Å². The van der Waals surface area contributed by atoms with E-state index in [9.17, 15) is 9.59 Å². The predicted octanol–water partition coefficient (Wildman–Crippen LogP) is 5.17. The Hall–Kier alpha value is -2.95. The lowest BCUT2D eigenvalue weighted by molar-refractivity contribution is -0.120. The van der Waals surface area contributed by atoms with Crippen molar-refractivity contribution in [1.82, 2.24) is 4.90 Å². The number of amides is 1. The highest BCUT2D eigenvalue weighted by Crippen LogP contribution is 2.26. The summed E-state index contributed by atoms with van der Waals surface area (Å²) in [4.78, 5) is 28.3. The average Bonchev–Trinajstić information content (AvgIpc) is 3.24. The maximum Gasteiger partial charge on any atom is 0.241 e. The van der Waals surface area contributed by atoms with Gasteiger partial charge in [-0.05, 0) is 43.1 Å². The molecule has 1 fully saturated rings. The van der Waals surface area contributed by atoms with Crippen molar-refractivity contribution in [2.24, 2.45) is 0 Å². The second kappa shape index (κ2) is 9.24. The highest BCUT2D eigenvalue weighted by atomic mass is 35.5. The van der Waals surface area contributed by atoms with Crippen LogP contribution in [0.4, 0.5) is 5.69 Å². The first kappa shape index (κ1) is 20.3. The monoisotopic (exact) mass is 418 g/mol. The first-order valence-electron chi connectivity index (χ1n) is 10.1. The van der Waals surface area contributed by atoms with Crippen molar-refractivity contribution in [3.05, 3.63) is 101 Å². The maximum atomic E-state index is 13.1. The number of hydrogen-bond acceptors (Lipinski definition) is 3. The number of benzene rings is 3. The van der Waals surface area contributed by atoms with Gasteiger partial charge in [-0.1, -0.05) is 72.3 Å². The molecule has 0 spiro atoms. The first-order chi connectivity index (χ1) is 14.6. The van der Waals surface area contributed by atoms with Gasteiger partial charge in [0.2, 0.25) is 5.91 Å². The molecule has 0 aromatic heterocycles. The molecule has 1 N–H and O–H groups in total. The normalized spacial score (nSPS) is 16.4. The van der Waals surface area contributed by atoms with Crippen LogP contribution in [0.1, 0.15) is 34.3 Å². The molecular formula is C25H23ClN2O2. The van der Waals surface area contributed by atoms with Gasteiger partial charge in [0.1, 0.15) is 0 Å². The van der Waals surface area contributed by atoms with Crippen molar-refractivity contribution in [1.29, 1.82) is 0 Å². The number of halogens is 1. The molecule has 30 heavy (non-hydrogen) atoms. The maximum absolute atomic E-state index is 13.1. The van der Waals surface area contributed by atoms with Gasteiger partial charge in [0.15, 0.2) is 5.78 Å². The van der Waals surface area contributed by atoms with Gasteiger partial charge in [-0.25, -0.2) is 0 Å². The van der Waals surface area contributed by atoms with Crippen molar-refractivity contribution in [2.75, 3.05) is 11.9 Å². The molecule has 1 saturated heterocycles. The molecule has 1 heterocycles. The van der Waals surface area contributed by atoms with E-state index in [1.165, 1.54) is 5.56 Å². The summed E-state index contributed by atoms with van der Waals surface area (Å²) >= 11 is 6.15. The quantitative estimate of drug-likeness (QED) is 0.561. The number of nitrogens with one attached hydrogen (secondary N) is 1. The molecule has 1 atom stereocenters. The lowest BCUT2D eigenvalue weighted by Gasteiger charge is -2.24. The number of likely N-dealkylation sites (tertiary alicyclic amines) is 1. The average molecular weight is 419 g/mol. The van der Waals surface area contributed by atoms with Crippen LogP contribution < -0.4 is 5.32 Å². The van der Waals surface area contributed by atoms with E-state index >= 15 is 0 Å². The van der Waals surface area contributed by atoms with Gasteiger partial charge in [-0.2, -0.15) is 0 Å². The molecule has 152 valence electrons. The molecule has 3 aromatic carbocycles. The summed E-state index contributed by atoms with van der Waals surface area (Å²) in [5.74, 6) is -0.256. The zero-order chi connectivity index (χ0) is 20.9. The zero-order valence-electron chi connectivity index (χ0n) is 16.6. The number of hydrogen-bond donors (Lipinski definition) is 1. The van der Waals surface area contributed by atoms with Crippen LogP contribution in [0, 0.1) is 0 Å². The second-order valence-electron chi connectivity index (χ2n) is 7.49. The summed E-state index contributed by atoms with van der Waals surface area (Å²) in [5.41, 5.74) is 2.63. The molecule has 3 aromatic rings. The summed E-state index contributed by atoms with van der Waals surface area (Å²) in [6.45, 7) is 1.61. The summed E-state index contributed by atoms with van der Waals surface area (Å²) in [6, 6.07) is 23.9. The third-order valence-electron chi connectivity index (χ3n) is 5.41. The minimum atomic E-state index is -0.222. The van der Waals surface area contributed by atoms with Gasteiger partial charge in [0, 0.05) is 22.7 Å². The van der Waals surface area contributed by atoms with Crippen molar-refractivity contribution >= 4 is 29.0 Å². The lowest BCUT2D eigenvalue weighted by Crippen LogP contribution is -2.39. The Bertz CT molecular complexity index is 1040. The van der Waals surface area contributed by atoms with E-state index in [0.29, 0.717) is 21.8 Å². The fourth-order valence-electron chi connectivity index (χ4n) is 3.90. The molecule has 0 aliphatic carbocycles. The molecule has 1 aliphatic rings. The van der Waals surface area contributed by atoms with Crippen molar-refractivity contribution in [2.45, 2.75) is 25.4 Å². The molecule has 0 bridgehead atoms. The lowest BCUT2D eigenvalue weighted by atomic mass is 10.0. The number of anilines is 1. The fourth-order valence-corrected chi connectivity index (χ4v) is 4.08. The van der Waals surface area contributed by atoms with E-state index in [4.69, 9.17) is 11.6 Å². The van der Waals surface area contributed by atoms with E-state index < -0.39 is 0 Å². The number of nitrogens with zero attached hydrogens (tertiary/aromatic N) is 1. The molecule has 1 amide bonds. The van der Waals surface area contributed by atoms with Gasteiger partial charge in [0.05, 0.1) is 11.7 Å². The highest BCUT2D eigenvalue weighted by Gasteiger charge is 2.31. The molecule has 5 heteroatoms. The molecular weight excluding hydrogens is 396 g/mol. The first-order valence-corrected chi connectivity index (χ1v) is 10.5. The third kappa shape index (κ3) is 4.61. The van der Waals surface area contributed by atoms with E-state index in [1.54, 1.807) is 30.3 Å². The van der Waals surface area contributed by atoms with Gasteiger partial charge in [-0.15, -0.1) is 0 Å². The van der Waals surface area contributed by atoms with Crippen molar-refractivity contribution in [3.8, 4) is 0 Å². The largest absolute Gasteiger partial charge is 0.324 e. The van der Waals surface area contributed by atoms with E-state index in [2.05, 4.69) is 22.3 Å². The Labute approximate surface area is 181 Å². The molecule has 4 rings (SSSR count). The van der Waals surface area contributed by atoms with Crippen molar-refractivity contribution < 1.29 is 9.59 Å². The van der Waals surface area contributed by atoms with E-state index in [1.807, 2.05) is 36.4 Å². The standard InChI is InChI=1S/C25H23ClN2O2/c26-20-13-14-22(21(16-20)24(29)19-10-5-2-6-11-19)27-25(30)23-12-7-15-28(23)17-18-8-3-1-4-9-18/h1-6,8-11,13-14,16,23H,7,12,15,17H2,(H,27,30)/t23-/m1/s1. The van der Waals surface area contributed by atoms with Crippen LogP contribution in [-0.4, -0.2) is 29.2 Å². The highest BCUT2D eigenvalue weighted by molar-refractivity contribution is 6.31. The third-order valence-corrected chi connectivity index (χ3v) is 5.65. The van der Waals surface area contributed by atoms with E-state index in [-0.39, 0.29) is 17.7 Å². The Balaban J connectivity index is 1.54. The van der Waals surface area contributed by atoms with Crippen LogP contribution in [0.3, 0.4) is 0 Å². The summed E-state index contributed by atoms with van der Waals surface area (Å²) < 4.78 is 0. The Morgan fingerprint density at radius 2 is 1.67 bits per heavy atom. The van der Waals surface area contributed by atoms with Gasteiger partial charge >= 0.3 is 0 Å². The predicted molar refractivity (Wildman–Crippen MR) is 120 cm³/mol. The summed E-state index contributed by atoms with van der Waals surface area (Å²) in [6.07, 6.45) is 1.77. The van der Waals surface area contributed by atoms with Gasteiger partial charge in [0.25, 0.3) is 0 Å². The minimum Gasteiger partial charge on any atom is -0.324 e. The topological polar surface area (TPSA) is 49.4 Å². The number of ketones is 1. The minimum absolute atomic E-state index is 0.0899. The fraction of sp³-hybridized carbons (Fsp3) is 0.200. The zero-order valence-corrected chi connectivity index (χ0v) is 17.3. The van der Waals surface area contributed by atoms with Crippen LogP contribution in [0.5, 0.6) is 0 Å². The van der Waals surface area contributed by atoms with Crippen LogP contribution in [0.15, 0.2) is 78.9 Å². The molecule has 0 unspecified atom stereocenters. The number of carbonyl (C=O) groups excluding carboxylic acids is 2. The molecule has 0 radical (unpaired) electrons. The smallest absolute Gasteiger partial charge is 0.241 e. The summed E-state index contributed by atoms with van der Waals surface area (Å²) in [7, 11) is 0. The van der Waals surface area contributed by atoms with Gasteiger partial charge < -0.3 is 5.32 Å². The van der Waals surface area contributed by atoms with E-state index in [0.717, 1.165) is 25.9 Å². The summed E-state index contributed by atoms with van der Waals surface area (Å²) in [5, 5.41) is 3.44. The SMILES string of the molecule is O=C(c1ccccc1)c1cc(Cl)ccc1NC(=O)[C@H]1CCCN1Cc1ccccc1. The van der Waals surface area contributed by atoms with Crippen molar-refractivity contribution in [3.63, 3.8) is 0 Å². The Kier molecular flexibility index (Phi) is 6.26. The second-order valence-corrected chi connectivity index (χ2v) is 7.92. The number of rotatable bonds is 6. The van der Waals surface area contributed by atoms with Crippen LogP contribution in [0.25, 0.3) is 0 Å². The number of carbonyl (C=O) groups is 2. The Morgan fingerprint density at radius 1 is 0.967 bits per heavy atom. The molecule has 4 nitrogen and oxygen atoms in total. The van der Waals surface area contributed by atoms with Crippen LogP contribution in [0.2, 0.25) is 5.02 Å². The van der Waals surface area contributed by atoms with Gasteiger partial charge in [-0.3, -0.25) is 14.5 Å².